The molecule has 28 heavy (non-hydrogen) atoms. The molecule has 2 amide bonds. The minimum atomic E-state index is -5.08. The normalized spacial score (nSPS) is 22.0. The van der Waals surface area contributed by atoms with E-state index < -0.39 is 12.1 Å². The van der Waals surface area contributed by atoms with E-state index in [1.54, 1.807) is 11.3 Å². The zero-order valence-corrected chi connectivity index (χ0v) is 16.3. The lowest BCUT2D eigenvalue weighted by Gasteiger charge is -2.24. The standard InChI is InChI=1S/C15H21N3O2S.C2HF3O2/c1-16(2)8-14(20)17-5-4-15(10-17)7-13(19)18(11-15)12-3-6-21-9-12;3-2(4,5)1(6)7/h3,6,9H,4-5,7-8,10-11H2,1-2H3;(H,6,7). The number of halogens is 3. The first-order valence-electron chi connectivity index (χ1n) is 8.49. The van der Waals surface area contributed by atoms with Crippen molar-refractivity contribution in [2.75, 3.05) is 45.2 Å². The Morgan fingerprint density at radius 3 is 2.46 bits per heavy atom. The molecular weight excluding hydrogens is 399 g/mol. The summed E-state index contributed by atoms with van der Waals surface area (Å²) >= 11 is 1.61. The molecular formula is C17H22F3N3O4S. The van der Waals surface area contributed by atoms with E-state index in [0.29, 0.717) is 19.5 Å². The summed E-state index contributed by atoms with van der Waals surface area (Å²) in [6.07, 6.45) is -3.59. The van der Waals surface area contributed by atoms with Gasteiger partial charge in [0, 0.05) is 36.9 Å². The van der Waals surface area contributed by atoms with Gasteiger partial charge in [-0.1, -0.05) is 0 Å². The summed E-state index contributed by atoms with van der Waals surface area (Å²) in [6.45, 7) is 2.68. The molecule has 0 radical (unpaired) electrons. The zero-order valence-electron chi connectivity index (χ0n) is 15.5. The molecule has 1 aromatic heterocycles. The number of anilines is 1. The molecule has 2 fully saturated rings. The summed E-state index contributed by atoms with van der Waals surface area (Å²) in [6, 6.07) is 1.99. The van der Waals surface area contributed by atoms with E-state index in [1.807, 2.05) is 45.6 Å². The van der Waals surface area contributed by atoms with Crippen LogP contribution in [-0.2, 0) is 14.4 Å². The van der Waals surface area contributed by atoms with Crippen molar-refractivity contribution in [2.24, 2.45) is 5.41 Å². The highest BCUT2D eigenvalue weighted by molar-refractivity contribution is 7.08. The van der Waals surface area contributed by atoms with Crippen LogP contribution in [0.3, 0.4) is 0 Å². The molecule has 1 N–H and O–H groups in total. The maximum atomic E-state index is 12.3. The lowest BCUT2D eigenvalue weighted by Crippen LogP contribution is -2.38. The van der Waals surface area contributed by atoms with Crippen LogP contribution in [0.15, 0.2) is 16.8 Å². The number of nitrogens with zero attached hydrogens (tertiary/aromatic N) is 3. The monoisotopic (exact) mass is 421 g/mol. The van der Waals surface area contributed by atoms with Crippen LogP contribution in [0, 0.1) is 5.41 Å². The fourth-order valence-electron chi connectivity index (χ4n) is 3.33. The summed E-state index contributed by atoms with van der Waals surface area (Å²) < 4.78 is 31.7. The first kappa shape index (κ1) is 22.2. The molecule has 2 saturated heterocycles. The third-order valence-corrected chi connectivity index (χ3v) is 5.29. The van der Waals surface area contributed by atoms with Crippen molar-refractivity contribution in [3.63, 3.8) is 0 Å². The summed E-state index contributed by atoms with van der Waals surface area (Å²) in [5.41, 5.74) is 0.959. The van der Waals surface area contributed by atoms with Crippen molar-refractivity contribution in [3.05, 3.63) is 16.8 Å². The van der Waals surface area contributed by atoms with Crippen molar-refractivity contribution in [1.29, 1.82) is 0 Å². The van der Waals surface area contributed by atoms with Gasteiger partial charge in [-0.05, 0) is 32.0 Å². The van der Waals surface area contributed by atoms with E-state index in [-0.39, 0.29) is 17.2 Å². The number of thiophene rings is 1. The smallest absolute Gasteiger partial charge is 0.475 e. The van der Waals surface area contributed by atoms with E-state index in [9.17, 15) is 22.8 Å². The molecule has 0 bridgehead atoms. The Morgan fingerprint density at radius 1 is 1.32 bits per heavy atom. The third-order valence-electron chi connectivity index (χ3n) is 4.62. The fraction of sp³-hybridized carbons (Fsp3) is 0.588. The number of likely N-dealkylation sites (N-methyl/N-ethyl adjacent to an activating group) is 1. The Hall–Kier alpha value is -2.14. The number of rotatable bonds is 3. The highest BCUT2D eigenvalue weighted by Gasteiger charge is 2.48. The van der Waals surface area contributed by atoms with Gasteiger partial charge in [-0.25, -0.2) is 4.79 Å². The number of carboxylic acid groups (broad SMARTS) is 1. The Bertz CT molecular complexity index is 724. The SMILES string of the molecule is CN(C)CC(=O)N1CCC2(CC(=O)N(c3ccsc3)C2)C1.O=C(O)C(F)(F)F. The third kappa shape index (κ3) is 5.44. The van der Waals surface area contributed by atoms with E-state index in [4.69, 9.17) is 9.90 Å². The first-order valence-corrected chi connectivity index (χ1v) is 9.43. The second-order valence-electron chi connectivity index (χ2n) is 7.24. The number of alkyl halides is 3. The second kappa shape index (κ2) is 8.48. The van der Waals surface area contributed by atoms with Crippen LogP contribution in [0.4, 0.5) is 18.9 Å². The zero-order chi connectivity index (χ0) is 21.1. The molecule has 1 unspecified atom stereocenters. The topological polar surface area (TPSA) is 81.2 Å². The Labute approximate surface area is 164 Å². The molecule has 1 spiro atoms. The van der Waals surface area contributed by atoms with Crippen LogP contribution in [0.5, 0.6) is 0 Å². The van der Waals surface area contributed by atoms with E-state index >= 15 is 0 Å². The second-order valence-corrected chi connectivity index (χ2v) is 8.02. The van der Waals surface area contributed by atoms with E-state index in [2.05, 4.69) is 0 Å². The van der Waals surface area contributed by atoms with Crippen LogP contribution in [0.1, 0.15) is 12.8 Å². The molecule has 7 nitrogen and oxygen atoms in total. The van der Waals surface area contributed by atoms with Crippen LogP contribution in [-0.4, -0.2) is 79.1 Å². The van der Waals surface area contributed by atoms with Gasteiger partial charge in [0.1, 0.15) is 0 Å². The number of carboxylic acids is 1. The maximum Gasteiger partial charge on any atom is 0.490 e. The minimum Gasteiger partial charge on any atom is -0.475 e. The largest absolute Gasteiger partial charge is 0.490 e. The van der Waals surface area contributed by atoms with Crippen molar-refractivity contribution in [1.82, 2.24) is 9.80 Å². The molecule has 0 saturated carbocycles. The predicted octanol–water partition coefficient (Wildman–Crippen LogP) is 1.90. The predicted molar refractivity (Wildman–Crippen MR) is 97.2 cm³/mol. The number of carbonyl (C=O) groups excluding carboxylic acids is 2. The Balaban J connectivity index is 0.000000345. The van der Waals surface area contributed by atoms with Crippen LogP contribution in [0.25, 0.3) is 0 Å². The van der Waals surface area contributed by atoms with E-state index in [0.717, 1.165) is 25.2 Å². The van der Waals surface area contributed by atoms with E-state index in [1.165, 1.54) is 0 Å². The van der Waals surface area contributed by atoms with Gasteiger partial charge in [0.25, 0.3) is 0 Å². The van der Waals surface area contributed by atoms with Gasteiger partial charge in [-0.2, -0.15) is 24.5 Å². The highest BCUT2D eigenvalue weighted by atomic mass is 32.1. The summed E-state index contributed by atoms with van der Waals surface area (Å²) in [5.74, 6) is -2.40. The molecule has 156 valence electrons. The van der Waals surface area contributed by atoms with Crippen molar-refractivity contribution < 1.29 is 32.7 Å². The molecule has 3 rings (SSSR count). The molecule has 11 heteroatoms. The first-order chi connectivity index (χ1) is 12.9. The van der Waals surface area contributed by atoms with Crippen LogP contribution >= 0.6 is 11.3 Å². The lowest BCUT2D eigenvalue weighted by atomic mass is 9.86. The highest BCUT2D eigenvalue weighted by Crippen LogP contribution is 2.42. The average Bonchev–Trinajstić information content (AvgIpc) is 3.27. The maximum absolute atomic E-state index is 12.3. The Kier molecular flexibility index (Phi) is 6.71. The number of aliphatic carboxylic acids is 1. The van der Waals surface area contributed by atoms with Crippen molar-refractivity contribution in [2.45, 2.75) is 19.0 Å². The molecule has 2 aliphatic rings. The van der Waals surface area contributed by atoms with Gasteiger partial charge in [-0.15, -0.1) is 0 Å². The molecule has 3 heterocycles. The van der Waals surface area contributed by atoms with Crippen molar-refractivity contribution >= 4 is 34.8 Å². The minimum absolute atomic E-state index is 0.0407. The molecule has 0 aliphatic carbocycles. The summed E-state index contributed by atoms with van der Waals surface area (Å²) in [4.78, 5) is 39.1. The summed E-state index contributed by atoms with van der Waals surface area (Å²) in [5, 5.41) is 11.1. The summed E-state index contributed by atoms with van der Waals surface area (Å²) in [7, 11) is 3.81. The lowest BCUT2D eigenvalue weighted by molar-refractivity contribution is -0.192. The molecule has 0 aromatic carbocycles. The number of carbonyl (C=O) groups is 3. The number of hydrogen-bond donors (Lipinski definition) is 1. The van der Waals surface area contributed by atoms with Crippen molar-refractivity contribution in [3.8, 4) is 0 Å². The van der Waals surface area contributed by atoms with Gasteiger partial charge in [-0.3, -0.25) is 9.59 Å². The quantitative estimate of drug-likeness (QED) is 0.806. The number of amides is 2. The van der Waals surface area contributed by atoms with Gasteiger partial charge in [0.2, 0.25) is 11.8 Å². The number of hydrogen-bond acceptors (Lipinski definition) is 5. The van der Waals surface area contributed by atoms with Gasteiger partial charge in [0.05, 0.1) is 12.2 Å². The number of likely N-dealkylation sites (tertiary alicyclic amines) is 1. The molecule has 1 atom stereocenters. The van der Waals surface area contributed by atoms with Gasteiger partial charge < -0.3 is 19.8 Å². The Morgan fingerprint density at radius 2 is 1.96 bits per heavy atom. The van der Waals surface area contributed by atoms with Crippen LogP contribution < -0.4 is 4.90 Å². The van der Waals surface area contributed by atoms with Gasteiger partial charge in [0.15, 0.2) is 0 Å². The van der Waals surface area contributed by atoms with Crippen LogP contribution in [0.2, 0.25) is 0 Å². The average molecular weight is 421 g/mol. The fourth-order valence-corrected chi connectivity index (χ4v) is 3.98. The molecule has 1 aromatic rings. The van der Waals surface area contributed by atoms with Gasteiger partial charge >= 0.3 is 12.1 Å². The molecule has 2 aliphatic heterocycles.